The lowest BCUT2D eigenvalue weighted by atomic mass is 10.2. The monoisotopic (exact) mass is 397 g/mol. The van der Waals surface area contributed by atoms with E-state index in [0.717, 1.165) is 16.8 Å². The Morgan fingerprint density at radius 3 is 2.29 bits per heavy atom. The molecule has 6 heteroatoms. The van der Waals surface area contributed by atoms with Crippen molar-refractivity contribution in [3.05, 3.63) is 83.4 Å². The van der Waals surface area contributed by atoms with Gasteiger partial charge in [0.25, 0.3) is 0 Å². The second-order valence-corrected chi connectivity index (χ2v) is 8.11. The van der Waals surface area contributed by atoms with Gasteiger partial charge >= 0.3 is 10.1 Å². The Hall–Kier alpha value is -2.99. The van der Waals surface area contributed by atoms with Gasteiger partial charge in [-0.3, -0.25) is 0 Å². The molecule has 1 N–H and O–H groups in total. The van der Waals surface area contributed by atoms with Gasteiger partial charge in [0, 0.05) is 12.2 Å². The van der Waals surface area contributed by atoms with Crippen LogP contribution in [-0.4, -0.2) is 15.5 Å². The molecule has 0 saturated heterocycles. The van der Waals surface area contributed by atoms with E-state index < -0.39 is 10.1 Å². The molecule has 0 heterocycles. The van der Waals surface area contributed by atoms with Gasteiger partial charge in [-0.05, 0) is 61.4 Å². The number of methoxy groups -OCH3 is 1. The lowest BCUT2D eigenvalue weighted by molar-refractivity contribution is 0.390. The molecule has 3 aromatic rings. The smallest absolute Gasteiger partial charge is 0.339 e. The molecule has 0 aliphatic heterocycles. The summed E-state index contributed by atoms with van der Waals surface area (Å²) in [5.41, 5.74) is 4.11. The molecule has 0 atom stereocenters. The first kappa shape index (κ1) is 19.8. The number of hydrogen-bond donors (Lipinski definition) is 1. The van der Waals surface area contributed by atoms with Crippen LogP contribution in [0.3, 0.4) is 0 Å². The van der Waals surface area contributed by atoms with E-state index >= 15 is 0 Å². The molecule has 0 bridgehead atoms. The van der Waals surface area contributed by atoms with Crippen LogP contribution in [0.25, 0.3) is 0 Å². The molecule has 0 unspecified atom stereocenters. The molecule has 0 amide bonds. The first-order valence-corrected chi connectivity index (χ1v) is 10.3. The highest BCUT2D eigenvalue weighted by Crippen LogP contribution is 2.31. The molecule has 0 fully saturated rings. The fraction of sp³-hybridized carbons (Fsp3) is 0.182. The van der Waals surface area contributed by atoms with Crippen LogP contribution in [0.2, 0.25) is 0 Å². The van der Waals surface area contributed by atoms with Crippen molar-refractivity contribution in [3.8, 4) is 11.5 Å². The maximum atomic E-state index is 12.5. The van der Waals surface area contributed by atoms with Gasteiger partial charge in [-0.1, -0.05) is 35.9 Å². The Morgan fingerprint density at radius 1 is 0.857 bits per heavy atom. The quantitative estimate of drug-likeness (QED) is 0.586. The second kappa shape index (κ2) is 8.35. The molecule has 3 rings (SSSR count). The number of rotatable bonds is 7. The first-order valence-electron chi connectivity index (χ1n) is 8.86. The minimum absolute atomic E-state index is 0.102. The third-order valence-electron chi connectivity index (χ3n) is 4.25. The fourth-order valence-corrected chi connectivity index (χ4v) is 3.66. The van der Waals surface area contributed by atoms with E-state index in [4.69, 9.17) is 8.92 Å². The molecule has 0 radical (unpaired) electrons. The van der Waals surface area contributed by atoms with Crippen LogP contribution < -0.4 is 14.2 Å². The Balaban J connectivity index is 1.76. The Morgan fingerprint density at radius 2 is 1.61 bits per heavy atom. The lowest BCUT2D eigenvalue weighted by Crippen LogP contribution is -2.10. The standard InChI is InChI=1S/C22H23NO4S/c1-16-7-10-20(11-8-16)28(24,25)27-21-12-9-18(14-22(21)26-3)15-23-19-6-4-5-17(2)13-19/h4-14,23H,15H2,1-3H3. The second-order valence-electron chi connectivity index (χ2n) is 6.56. The van der Waals surface area contributed by atoms with Gasteiger partial charge in [-0.25, -0.2) is 0 Å². The van der Waals surface area contributed by atoms with Gasteiger partial charge in [0.1, 0.15) is 4.90 Å². The van der Waals surface area contributed by atoms with Crippen LogP contribution in [0.4, 0.5) is 5.69 Å². The largest absolute Gasteiger partial charge is 0.493 e. The Bertz CT molecular complexity index is 1060. The minimum Gasteiger partial charge on any atom is -0.493 e. The zero-order chi connectivity index (χ0) is 20.1. The third kappa shape index (κ3) is 4.84. The number of nitrogens with one attached hydrogen (secondary N) is 1. The molecule has 28 heavy (non-hydrogen) atoms. The maximum absolute atomic E-state index is 12.5. The molecule has 3 aromatic carbocycles. The van der Waals surface area contributed by atoms with Crippen molar-refractivity contribution in [1.29, 1.82) is 0 Å². The summed E-state index contributed by atoms with van der Waals surface area (Å²) in [5, 5.41) is 3.34. The van der Waals surface area contributed by atoms with Crippen molar-refractivity contribution in [3.63, 3.8) is 0 Å². The summed E-state index contributed by atoms with van der Waals surface area (Å²) in [7, 11) is -2.45. The fourth-order valence-electron chi connectivity index (χ4n) is 2.72. The van der Waals surface area contributed by atoms with Crippen molar-refractivity contribution in [2.75, 3.05) is 12.4 Å². The van der Waals surface area contributed by atoms with E-state index in [-0.39, 0.29) is 10.6 Å². The molecule has 0 aliphatic carbocycles. The predicted octanol–water partition coefficient (Wildman–Crippen LogP) is 4.69. The van der Waals surface area contributed by atoms with E-state index in [1.165, 1.54) is 24.8 Å². The average Bonchev–Trinajstić information content (AvgIpc) is 2.67. The first-order chi connectivity index (χ1) is 13.4. The summed E-state index contributed by atoms with van der Waals surface area (Å²) in [6.45, 7) is 4.50. The van der Waals surface area contributed by atoms with Crippen LogP contribution >= 0.6 is 0 Å². The minimum atomic E-state index is -3.93. The van der Waals surface area contributed by atoms with Crippen LogP contribution in [-0.2, 0) is 16.7 Å². The van der Waals surface area contributed by atoms with E-state index in [1.807, 2.05) is 38.1 Å². The molecule has 0 aliphatic rings. The third-order valence-corrected chi connectivity index (χ3v) is 5.50. The summed E-state index contributed by atoms with van der Waals surface area (Å²) >= 11 is 0. The molecule has 5 nitrogen and oxygen atoms in total. The lowest BCUT2D eigenvalue weighted by Gasteiger charge is -2.13. The van der Waals surface area contributed by atoms with Gasteiger partial charge in [0.2, 0.25) is 0 Å². The number of ether oxygens (including phenoxy) is 1. The van der Waals surface area contributed by atoms with Gasteiger partial charge in [-0.2, -0.15) is 8.42 Å². The number of aryl methyl sites for hydroxylation is 2. The number of benzene rings is 3. The summed E-state index contributed by atoms with van der Waals surface area (Å²) in [4.78, 5) is 0.102. The van der Waals surface area contributed by atoms with Crippen LogP contribution in [0.15, 0.2) is 71.6 Å². The molecular formula is C22H23NO4S. The van der Waals surface area contributed by atoms with Gasteiger partial charge in [0.05, 0.1) is 7.11 Å². The van der Waals surface area contributed by atoms with Crippen LogP contribution in [0.5, 0.6) is 11.5 Å². The highest BCUT2D eigenvalue weighted by molar-refractivity contribution is 7.87. The molecule has 0 saturated carbocycles. The SMILES string of the molecule is COc1cc(CNc2cccc(C)c2)ccc1OS(=O)(=O)c1ccc(C)cc1. The summed E-state index contributed by atoms with van der Waals surface area (Å²) < 4.78 is 35.7. The maximum Gasteiger partial charge on any atom is 0.339 e. The zero-order valence-corrected chi connectivity index (χ0v) is 16.9. The zero-order valence-electron chi connectivity index (χ0n) is 16.1. The molecule has 0 aromatic heterocycles. The molecule has 0 spiro atoms. The van der Waals surface area contributed by atoms with Crippen molar-refractivity contribution >= 4 is 15.8 Å². The Labute approximate surface area is 166 Å². The van der Waals surface area contributed by atoms with Crippen molar-refractivity contribution < 1.29 is 17.3 Å². The van der Waals surface area contributed by atoms with E-state index in [0.29, 0.717) is 12.3 Å². The van der Waals surface area contributed by atoms with E-state index in [1.54, 1.807) is 24.3 Å². The number of anilines is 1. The van der Waals surface area contributed by atoms with Crippen molar-refractivity contribution in [1.82, 2.24) is 0 Å². The van der Waals surface area contributed by atoms with Crippen LogP contribution in [0.1, 0.15) is 16.7 Å². The topological polar surface area (TPSA) is 64.6 Å². The highest BCUT2D eigenvalue weighted by Gasteiger charge is 2.19. The number of hydrogen-bond acceptors (Lipinski definition) is 5. The molecular weight excluding hydrogens is 374 g/mol. The van der Waals surface area contributed by atoms with Gasteiger partial charge in [-0.15, -0.1) is 0 Å². The van der Waals surface area contributed by atoms with Crippen LogP contribution in [0, 0.1) is 13.8 Å². The normalized spacial score (nSPS) is 11.1. The predicted molar refractivity (Wildman–Crippen MR) is 110 cm³/mol. The average molecular weight is 397 g/mol. The summed E-state index contributed by atoms with van der Waals surface area (Å²) in [6, 6.07) is 19.8. The van der Waals surface area contributed by atoms with E-state index in [2.05, 4.69) is 11.4 Å². The summed E-state index contributed by atoms with van der Waals surface area (Å²) in [6.07, 6.45) is 0. The van der Waals surface area contributed by atoms with E-state index in [9.17, 15) is 8.42 Å². The van der Waals surface area contributed by atoms with Crippen molar-refractivity contribution in [2.24, 2.45) is 0 Å². The van der Waals surface area contributed by atoms with Gasteiger partial charge in [0.15, 0.2) is 11.5 Å². The molecule has 146 valence electrons. The van der Waals surface area contributed by atoms with Gasteiger partial charge < -0.3 is 14.2 Å². The Kier molecular flexibility index (Phi) is 5.90. The summed E-state index contributed by atoms with van der Waals surface area (Å²) in [5.74, 6) is 0.515. The van der Waals surface area contributed by atoms with Crippen molar-refractivity contribution in [2.45, 2.75) is 25.3 Å². The highest BCUT2D eigenvalue weighted by atomic mass is 32.2.